The number of aliphatic hydroxyl groups is 1. The first kappa shape index (κ1) is 19.6. The number of piperazine rings is 1. The zero-order chi connectivity index (χ0) is 18.6. The Bertz CT molecular complexity index is 604. The molecule has 0 saturated carbocycles. The van der Waals surface area contributed by atoms with Crippen LogP contribution in [-0.4, -0.2) is 65.3 Å². The fourth-order valence-electron chi connectivity index (χ4n) is 3.17. The summed E-state index contributed by atoms with van der Waals surface area (Å²) in [5, 5.41) is 12.7. The normalized spacial score (nSPS) is 19.1. The zero-order valence-corrected chi connectivity index (χ0v) is 15.1. The third kappa shape index (κ3) is 5.93. The van der Waals surface area contributed by atoms with E-state index in [0.717, 1.165) is 18.2 Å². The summed E-state index contributed by atoms with van der Waals surface area (Å²) in [5.41, 5.74) is -0.512. The highest BCUT2D eigenvalue weighted by molar-refractivity contribution is 5.74. The second kappa shape index (κ2) is 8.10. The molecule has 0 bridgehead atoms. The van der Waals surface area contributed by atoms with E-state index in [4.69, 9.17) is 0 Å². The van der Waals surface area contributed by atoms with Crippen LogP contribution in [-0.2, 0) is 6.42 Å². The number of halogens is 2. The minimum absolute atomic E-state index is 0.0157. The number of β-amino-alcohol motifs (C(OH)–C–C–N with tert-alkyl or cyclic N) is 1. The van der Waals surface area contributed by atoms with Crippen molar-refractivity contribution in [2.24, 2.45) is 0 Å². The molecule has 0 aromatic heterocycles. The number of nitrogens with zero attached hydrogens (tertiary/aromatic N) is 2. The average molecular weight is 355 g/mol. The molecular formula is C18H27F2N3O2. The molecule has 0 spiro atoms. The molecule has 1 heterocycles. The van der Waals surface area contributed by atoms with Gasteiger partial charge in [-0.15, -0.1) is 0 Å². The number of carbonyl (C=O) groups is 1. The lowest BCUT2D eigenvalue weighted by atomic mass is 10.1. The van der Waals surface area contributed by atoms with E-state index in [9.17, 15) is 18.7 Å². The maximum atomic E-state index is 13.6. The van der Waals surface area contributed by atoms with Crippen molar-refractivity contribution in [1.82, 2.24) is 15.1 Å². The molecule has 7 heteroatoms. The Morgan fingerprint density at radius 3 is 2.72 bits per heavy atom. The average Bonchev–Trinajstić information content (AvgIpc) is 2.49. The summed E-state index contributed by atoms with van der Waals surface area (Å²) in [6.07, 6.45) is 0.238. The summed E-state index contributed by atoms with van der Waals surface area (Å²) in [5.74, 6) is -0.955. The van der Waals surface area contributed by atoms with Crippen molar-refractivity contribution in [3.8, 4) is 0 Å². The van der Waals surface area contributed by atoms with Gasteiger partial charge in [0, 0.05) is 38.8 Å². The highest BCUT2D eigenvalue weighted by Crippen LogP contribution is 2.14. The summed E-state index contributed by atoms with van der Waals surface area (Å²) in [6.45, 7) is 8.25. The van der Waals surface area contributed by atoms with Crippen LogP contribution in [0.25, 0.3) is 0 Å². The third-order valence-corrected chi connectivity index (χ3v) is 4.26. The Morgan fingerprint density at radius 1 is 1.36 bits per heavy atom. The van der Waals surface area contributed by atoms with Crippen molar-refractivity contribution in [2.45, 2.75) is 38.8 Å². The van der Waals surface area contributed by atoms with Gasteiger partial charge in [0.05, 0.1) is 5.60 Å². The van der Waals surface area contributed by atoms with Gasteiger partial charge in [0.25, 0.3) is 0 Å². The molecule has 1 atom stereocenters. The number of nitrogens with one attached hydrogen (secondary N) is 1. The SMILES string of the molecule is CC1CN(CC(C)(C)O)CCN1C(=O)NCCc1cc(F)ccc1F. The molecule has 5 nitrogen and oxygen atoms in total. The van der Waals surface area contributed by atoms with Crippen LogP contribution in [0.2, 0.25) is 0 Å². The molecule has 2 amide bonds. The lowest BCUT2D eigenvalue weighted by Gasteiger charge is -2.41. The van der Waals surface area contributed by atoms with Crippen molar-refractivity contribution in [1.29, 1.82) is 0 Å². The maximum absolute atomic E-state index is 13.6. The van der Waals surface area contributed by atoms with Crippen molar-refractivity contribution < 1.29 is 18.7 Å². The molecule has 2 rings (SSSR count). The van der Waals surface area contributed by atoms with Gasteiger partial charge in [-0.3, -0.25) is 4.90 Å². The van der Waals surface area contributed by atoms with E-state index < -0.39 is 17.2 Å². The number of rotatable bonds is 5. The fourth-order valence-corrected chi connectivity index (χ4v) is 3.17. The number of urea groups is 1. The smallest absolute Gasteiger partial charge is 0.317 e. The molecule has 1 fully saturated rings. The fraction of sp³-hybridized carbons (Fsp3) is 0.611. The van der Waals surface area contributed by atoms with E-state index >= 15 is 0 Å². The van der Waals surface area contributed by atoms with Crippen LogP contribution in [0.4, 0.5) is 13.6 Å². The van der Waals surface area contributed by atoms with Gasteiger partial charge in [0.2, 0.25) is 0 Å². The van der Waals surface area contributed by atoms with Gasteiger partial charge in [0.1, 0.15) is 11.6 Å². The monoisotopic (exact) mass is 355 g/mol. The van der Waals surface area contributed by atoms with Gasteiger partial charge in [-0.25, -0.2) is 13.6 Å². The molecule has 1 saturated heterocycles. The highest BCUT2D eigenvalue weighted by atomic mass is 19.1. The molecule has 1 aliphatic heterocycles. The van der Waals surface area contributed by atoms with Crippen LogP contribution in [0.3, 0.4) is 0 Å². The highest BCUT2D eigenvalue weighted by Gasteiger charge is 2.29. The molecule has 1 unspecified atom stereocenters. The van der Waals surface area contributed by atoms with Crippen molar-refractivity contribution in [2.75, 3.05) is 32.7 Å². The van der Waals surface area contributed by atoms with Crippen LogP contribution in [0.5, 0.6) is 0 Å². The number of hydrogen-bond donors (Lipinski definition) is 2. The molecule has 1 aromatic rings. The number of carbonyl (C=O) groups excluding carboxylic acids is 1. The summed E-state index contributed by atoms with van der Waals surface area (Å²) in [4.78, 5) is 16.2. The van der Waals surface area contributed by atoms with Crippen LogP contribution in [0, 0.1) is 11.6 Å². The van der Waals surface area contributed by atoms with Gasteiger partial charge < -0.3 is 15.3 Å². The molecule has 1 aliphatic rings. The summed E-state index contributed by atoms with van der Waals surface area (Å²) >= 11 is 0. The summed E-state index contributed by atoms with van der Waals surface area (Å²) in [6, 6.07) is 3.14. The minimum Gasteiger partial charge on any atom is -0.389 e. The molecule has 0 aliphatic carbocycles. The largest absolute Gasteiger partial charge is 0.389 e. The second-order valence-electron chi connectivity index (χ2n) is 7.31. The predicted octanol–water partition coefficient (Wildman–Crippen LogP) is 1.99. The number of benzene rings is 1. The van der Waals surface area contributed by atoms with Crippen LogP contribution in [0.15, 0.2) is 18.2 Å². The van der Waals surface area contributed by atoms with E-state index in [2.05, 4.69) is 10.2 Å². The Kier molecular flexibility index (Phi) is 6.35. The van der Waals surface area contributed by atoms with Gasteiger partial charge in [-0.1, -0.05) is 0 Å². The Balaban J connectivity index is 1.80. The summed E-state index contributed by atoms with van der Waals surface area (Å²) in [7, 11) is 0. The second-order valence-corrected chi connectivity index (χ2v) is 7.31. The van der Waals surface area contributed by atoms with Crippen molar-refractivity contribution in [3.63, 3.8) is 0 Å². The van der Waals surface area contributed by atoms with E-state index in [0.29, 0.717) is 26.2 Å². The predicted molar refractivity (Wildman–Crippen MR) is 92.4 cm³/mol. The van der Waals surface area contributed by atoms with Crippen LogP contribution >= 0.6 is 0 Å². The zero-order valence-electron chi connectivity index (χ0n) is 15.1. The lowest BCUT2D eigenvalue weighted by Crippen LogP contribution is -2.58. The van der Waals surface area contributed by atoms with Gasteiger partial charge in [0.15, 0.2) is 0 Å². The van der Waals surface area contributed by atoms with Crippen molar-refractivity contribution in [3.05, 3.63) is 35.4 Å². The molecular weight excluding hydrogens is 328 g/mol. The van der Waals surface area contributed by atoms with E-state index in [-0.39, 0.29) is 30.6 Å². The number of amides is 2. The van der Waals surface area contributed by atoms with Crippen molar-refractivity contribution >= 4 is 6.03 Å². The van der Waals surface area contributed by atoms with Gasteiger partial charge >= 0.3 is 6.03 Å². The standard InChI is InChI=1S/C18H27F2N3O2/c1-13-11-22(12-18(2,3)25)8-9-23(13)17(24)21-7-6-14-10-15(19)4-5-16(14)20/h4-5,10,13,25H,6-9,11-12H2,1-3H3,(H,21,24). The van der Waals surface area contributed by atoms with E-state index in [1.54, 1.807) is 18.7 Å². The first-order valence-corrected chi connectivity index (χ1v) is 8.59. The molecule has 140 valence electrons. The first-order chi connectivity index (χ1) is 11.7. The van der Waals surface area contributed by atoms with Gasteiger partial charge in [-0.05, 0) is 51.0 Å². The number of hydrogen-bond acceptors (Lipinski definition) is 3. The Hall–Kier alpha value is -1.73. The van der Waals surface area contributed by atoms with Gasteiger partial charge in [-0.2, -0.15) is 0 Å². The topological polar surface area (TPSA) is 55.8 Å². The molecule has 2 N–H and O–H groups in total. The Labute approximate surface area is 147 Å². The molecule has 25 heavy (non-hydrogen) atoms. The third-order valence-electron chi connectivity index (χ3n) is 4.26. The van der Waals surface area contributed by atoms with Crippen LogP contribution in [0.1, 0.15) is 26.3 Å². The van der Waals surface area contributed by atoms with E-state index in [1.165, 1.54) is 0 Å². The van der Waals surface area contributed by atoms with Crippen LogP contribution < -0.4 is 5.32 Å². The first-order valence-electron chi connectivity index (χ1n) is 8.59. The molecule has 1 aromatic carbocycles. The lowest BCUT2D eigenvalue weighted by molar-refractivity contribution is 0.0119. The summed E-state index contributed by atoms with van der Waals surface area (Å²) < 4.78 is 26.7. The molecule has 0 radical (unpaired) electrons. The minimum atomic E-state index is -0.765. The van der Waals surface area contributed by atoms with E-state index in [1.807, 2.05) is 6.92 Å². The Morgan fingerprint density at radius 2 is 2.08 bits per heavy atom. The quantitative estimate of drug-likeness (QED) is 0.849. The maximum Gasteiger partial charge on any atom is 0.317 e.